The second kappa shape index (κ2) is 6.11. The lowest BCUT2D eigenvalue weighted by Crippen LogP contribution is -2.39. The van der Waals surface area contributed by atoms with Crippen molar-refractivity contribution in [2.75, 3.05) is 11.4 Å². The zero-order valence-corrected chi connectivity index (χ0v) is 11.6. The van der Waals surface area contributed by atoms with Gasteiger partial charge in [0.05, 0.1) is 11.3 Å². The first-order chi connectivity index (χ1) is 8.80. The van der Waals surface area contributed by atoms with Crippen LogP contribution in [0.5, 0.6) is 0 Å². The molecule has 1 aromatic rings. The second-order valence-electron chi connectivity index (χ2n) is 4.85. The van der Waals surface area contributed by atoms with Crippen LogP contribution in [0.25, 0.3) is 0 Å². The molecule has 18 heavy (non-hydrogen) atoms. The highest BCUT2D eigenvalue weighted by molar-refractivity contribution is 6.17. The summed E-state index contributed by atoms with van der Waals surface area (Å²) >= 11 is 5.83. The van der Waals surface area contributed by atoms with Crippen molar-refractivity contribution in [2.45, 2.75) is 44.5 Å². The molecule has 0 spiro atoms. The van der Waals surface area contributed by atoms with Crippen molar-refractivity contribution in [3.8, 4) is 6.07 Å². The van der Waals surface area contributed by atoms with Crippen LogP contribution in [0.1, 0.15) is 43.7 Å². The molecule has 0 saturated carbocycles. The summed E-state index contributed by atoms with van der Waals surface area (Å²) in [6.07, 6.45) is 4.90. The van der Waals surface area contributed by atoms with E-state index >= 15 is 0 Å². The van der Waals surface area contributed by atoms with Crippen molar-refractivity contribution in [3.05, 3.63) is 29.3 Å². The van der Waals surface area contributed by atoms with Gasteiger partial charge in [0.1, 0.15) is 6.07 Å². The summed E-state index contributed by atoms with van der Waals surface area (Å²) in [4.78, 5) is 2.40. The van der Waals surface area contributed by atoms with Gasteiger partial charge in [0.15, 0.2) is 0 Å². The van der Waals surface area contributed by atoms with Crippen molar-refractivity contribution in [1.82, 2.24) is 0 Å². The first-order valence-corrected chi connectivity index (χ1v) is 7.19. The number of anilines is 1. The van der Waals surface area contributed by atoms with E-state index in [-0.39, 0.29) is 0 Å². The van der Waals surface area contributed by atoms with Crippen LogP contribution in [0.2, 0.25) is 0 Å². The van der Waals surface area contributed by atoms with Gasteiger partial charge >= 0.3 is 0 Å². The molecule has 3 heteroatoms. The third-order valence-electron chi connectivity index (χ3n) is 3.74. The smallest absolute Gasteiger partial charge is 0.101 e. The molecule has 1 fully saturated rings. The quantitative estimate of drug-likeness (QED) is 0.768. The van der Waals surface area contributed by atoms with E-state index in [0.29, 0.717) is 11.9 Å². The SMILES string of the molecule is CCC1CCCCN1c1ccc(CCl)cc1C#N. The Morgan fingerprint density at radius 1 is 1.44 bits per heavy atom. The van der Waals surface area contributed by atoms with E-state index in [1.54, 1.807) is 0 Å². The molecule has 1 saturated heterocycles. The summed E-state index contributed by atoms with van der Waals surface area (Å²) in [7, 11) is 0. The van der Waals surface area contributed by atoms with E-state index in [1.165, 1.54) is 19.3 Å². The molecule has 0 aromatic heterocycles. The van der Waals surface area contributed by atoms with Gasteiger partial charge in [-0.3, -0.25) is 0 Å². The van der Waals surface area contributed by atoms with Crippen LogP contribution in [-0.2, 0) is 5.88 Å². The fraction of sp³-hybridized carbons (Fsp3) is 0.533. The standard InChI is InChI=1S/C15H19ClN2/c1-2-14-5-3-4-8-18(14)15-7-6-12(10-16)9-13(15)11-17/h6-7,9,14H,2-5,8,10H2,1H3. The molecule has 2 nitrogen and oxygen atoms in total. The van der Waals surface area contributed by atoms with Crippen molar-refractivity contribution in [1.29, 1.82) is 5.26 Å². The normalized spacial score (nSPS) is 19.6. The highest BCUT2D eigenvalue weighted by atomic mass is 35.5. The number of halogens is 1. The molecule has 1 aliphatic rings. The van der Waals surface area contributed by atoms with Crippen LogP contribution in [0.4, 0.5) is 5.69 Å². The maximum atomic E-state index is 9.31. The van der Waals surface area contributed by atoms with Gasteiger partial charge in [-0.25, -0.2) is 0 Å². The lowest BCUT2D eigenvalue weighted by Gasteiger charge is -2.37. The Kier molecular flexibility index (Phi) is 4.49. The van der Waals surface area contributed by atoms with E-state index in [9.17, 15) is 5.26 Å². The number of piperidine rings is 1. The van der Waals surface area contributed by atoms with Gasteiger partial charge in [0, 0.05) is 18.5 Å². The number of nitrogens with zero attached hydrogens (tertiary/aromatic N) is 2. The number of alkyl halides is 1. The summed E-state index contributed by atoms with van der Waals surface area (Å²) < 4.78 is 0. The van der Waals surface area contributed by atoms with Crippen LogP contribution in [0.15, 0.2) is 18.2 Å². The van der Waals surface area contributed by atoms with Crippen LogP contribution in [0.3, 0.4) is 0 Å². The average Bonchev–Trinajstić information content (AvgIpc) is 2.46. The average molecular weight is 263 g/mol. The monoisotopic (exact) mass is 262 g/mol. The van der Waals surface area contributed by atoms with Gasteiger partial charge in [0.2, 0.25) is 0 Å². The lowest BCUT2D eigenvalue weighted by molar-refractivity contribution is 0.450. The minimum atomic E-state index is 0.464. The summed E-state index contributed by atoms with van der Waals surface area (Å²) in [5, 5.41) is 9.31. The van der Waals surface area contributed by atoms with E-state index in [1.807, 2.05) is 12.1 Å². The van der Waals surface area contributed by atoms with Crippen LogP contribution in [0, 0.1) is 11.3 Å². The Hall–Kier alpha value is -1.20. The van der Waals surface area contributed by atoms with Crippen LogP contribution in [-0.4, -0.2) is 12.6 Å². The molecule has 1 unspecified atom stereocenters. The Balaban J connectivity index is 2.34. The Morgan fingerprint density at radius 2 is 2.28 bits per heavy atom. The van der Waals surface area contributed by atoms with Gasteiger partial charge < -0.3 is 4.90 Å². The number of hydrogen-bond donors (Lipinski definition) is 0. The Morgan fingerprint density at radius 3 is 2.94 bits per heavy atom. The molecular formula is C15H19ClN2. The third-order valence-corrected chi connectivity index (χ3v) is 4.05. The highest BCUT2D eigenvalue weighted by Crippen LogP contribution is 2.30. The van der Waals surface area contributed by atoms with Crippen molar-refractivity contribution >= 4 is 17.3 Å². The molecule has 1 atom stereocenters. The van der Waals surface area contributed by atoms with Crippen molar-refractivity contribution < 1.29 is 0 Å². The predicted octanol–water partition coefficient (Wildman–Crippen LogP) is 4.07. The van der Waals surface area contributed by atoms with Gasteiger partial charge in [-0.05, 0) is 43.4 Å². The molecule has 2 rings (SSSR count). The number of benzene rings is 1. The maximum absolute atomic E-state index is 9.31. The number of hydrogen-bond acceptors (Lipinski definition) is 2. The molecule has 0 aliphatic carbocycles. The van der Waals surface area contributed by atoms with Crippen molar-refractivity contribution in [3.63, 3.8) is 0 Å². The molecule has 0 bridgehead atoms. The van der Waals surface area contributed by atoms with E-state index in [2.05, 4.69) is 24.0 Å². The first-order valence-electron chi connectivity index (χ1n) is 6.65. The third kappa shape index (κ3) is 2.62. The lowest BCUT2D eigenvalue weighted by atomic mass is 9.97. The zero-order chi connectivity index (χ0) is 13.0. The maximum Gasteiger partial charge on any atom is 0.101 e. The molecule has 1 aromatic carbocycles. The van der Waals surface area contributed by atoms with Gasteiger partial charge in [-0.15, -0.1) is 11.6 Å². The topological polar surface area (TPSA) is 27.0 Å². The summed E-state index contributed by atoms with van der Waals surface area (Å²) in [5.74, 6) is 0.464. The zero-order valence-electron chi connectivity index (χ0n) is 10.8. The summed E-state index contributed by atoms with van der Waals surface area (Å²) in [6.45, 7) is 3.29. The van der Waals surface area contributed by atoms with E-state index in [0.717, 1.165) is 29.8 Å². The summed E-state index contributed by atoms with van der Waals surface area (Å²) in [5.41, 5.74) is 2.86. The Bertz CT molecular complexity index is 450. The van der Waals surface area contributed by atoms with Gasteiger partial charge in [0.25, 0.3) is 0 Å². The molecular weight excluding hydrogens is 244 g/mol. The van der Waals surface area contributed by atoms with Crippen LogP contribution < -0.4 is 4.90 Å². The van der Waals surface area contributed by atoms with Crippen LogP contribution >= 0.6 is 11.6 Å². The first kappa shape index (κ1) is 13.2. The fourth-order valence-corrected chi connectivity index (χ4v) is 2.91. The molecule has 0 amide bonds. The molecule has 96 valence electrons. The second-order valence-corrected chi connectivity index (χ2v) is 5.12. The predicted molar refractivity (Wildman–Crippen MR) is 76.0 cm³/mol. The van der Waals surface area contributed by atoms with E-state index < -0.39 is 0 Å². The molecule has 1 heterocycles. The largest absolute Gasteiger partial charge is 0.367 e. The number of rotatable bonds is 3. The minimum Gasteiger partial charge on any atom is -0.367 e. The molecule has 0 radical (unpaired) electrons. The minimum absolute atomic E-state index is 0.464. The highest BCUT2D eigenvalue weighted by Gasteiger charge is 2.23. The molecule has 0 N–H and O–H groups in total. The van der Waals surface area contributed by atoms with E-state index in [4.69, 9.17) is 11.6 Å². The van der Waals surface area contributed by atoms with Gasteiger partial charge in [-0.2, -0.15) is 5.26 Å². The Labute approximate surface area is 114 Å². The van der Waals surface area contributed by atoms with Crippen molar-refractivity contribution in [2.24, 2.45) is 0 Å². The summed E-state index contributed by atoms with van der Waals surface area (Å²) in [6, 6.07) is 8.90. The molecule has 1 aliphatic heterocycles. The van der Waals surface area contributed by atoms with Gasteiger partial charge in [-0.1, -0.05) is 13.0 Å². The number of nitriles is 1. The fourth-order valence-electron chi connectivity index (χ4n) is 2.75.